The summed E-state index contributed by atoms with van der Waals surface area (Å²) in [5.74, 6) is -1.43. The third-order valence-electron chi connectivity index (χ3n) is 3.44. The molecule has 2 aromatic heterocycles. The van der Waals surface area contributed by atoms with Crippen molar-refractivity contribution in [1.82, 2.24) is 19.7 Å². The molecular weight excluding hydrogens is 375 g/mol. The predicted molar refractivity (Wildman–Crippen MR) is 95.7 cm³/mol. The Labute approximate surface area is 154 Å². The van der Waals surface area contributed by atoms with Crippen LogP contribution in [-0.2, 0) is 21.9 Å². The minimum absolute atomic E-state index is 0.151. The van der Waals surface area contributed by atoms with Gasteiger partial charge in [0.25, 0.3) is 10.0 Å². The third-order valence-corrected chi connectivity index (χ3v) is 4.77. The SMILES string of the molecule is CC(=O)Nc1cc(S(=O)(=O)Nc2nccc(-c3cnn(C)c3)n2)ccc1F. The molecule has 3 aromatic rings. The van der Waals surface area contributed by atoms with E-state index >= 15 is 0 Å². The van der Waals surface area contributed by atoms with E-state index in [1.807, 2.05) is 0 Å². The van der Waals surface area contributed by atoms with E-state index in [-0.39, 0.29) is 16.5 Å². The molecule has 1 amide bonds. The predicted octanol–water partition coefficient (Wildman–Crippen LogP) is 1.78. The van der Waals surface area contributed by atoms with Gasteiger partial charge in [0.2, 0.25) is 11.9 Å². The zero-order valence-electron chi connectivity index (χ0n) is 14.3. The van der Waals surface area contributed by atoms with Gasteiger partial charge in [0.05, 0.1) is 22.5 Å². The van der Waals surface area contributed by atoms with Crippen molar-refractivity contribution in [2.75, 3.05) is 10.0 Å². The minimum Gasteiger partial charge on any atom is -0.324 e. The molecule has 0 atom stereocenters. The van der Waals surface area contributed by atoms with Gasteiger partial charge in [-0.3, -0.25) is 9.48 Å². The average Bonchev–Trinajstić information content (AvgIpc) is 3.03. The van der Waals surface area contributed by atoms with Crippen LogP contribution in [0.25, 0.3) is 11.3 Å². The molecule has 140 valence electrons. The van der Waals surface area contributed by atoms with Gasteiger partial charge in [0.15, 0.2) is 0 Å². The molecule has 11 heteroatoms. The lowest BCUT2D eigenvalue weighted by atomic mass is 10.2. The summed E-state index contributed by atoms with van der Waals surface area (Å²) in [6.07, 6.45) is 4.71. The molecule has 2 N–H and O–H groups in total. The van der Waals surface area contributed by atoms with E-state index in [2.05, 4.69) is 25.1 Å². The highest BCUT2D eigenvalue weighted by Crippen LogP contribution is 2.22. The Bertz CT molecular complexity index is 1110. The smallest absolute Gasteiger partial charge is 0.264 e. The van der Waals surface area contributed by atoms with Crippen LogP contribution in [0.3, 0.4) is 0 Å². The number of nitrogens with zero attached hydrogens (tertiary/aromatic N) is 4. The molecule has 1 aromatic carbocycles. The Morgan fingerprint density at radius 3 is 2.70 bits per heavy atom. The molecule has 0 aliphatic rings. The zero-order chi connectivity index (χ0) is 19.6. The normalized spacial score (nSPS) is 11.2. The monoisotopic (exact) mass is 390 g/mol. The maximum Gasteiger partial charge on any atom is 0.264 e. The van der Waals surface area contributed by atoms with Gasteiger partial charge in [0.1, 0.15) is 5.82 Å². The molecule has 3 rings (SSSR count). The maximum atomic E-state index is 13.7. The molecule has 0 bridgehead atoms. The molecule has 2 heterocycles. The molecule has 0 fully saturated rings. The molecule has 0 spiro atoms. The van der Waals surface area contributed by atoms with Crippen molar-refractivity contribution in [3.05, 3.63) is 48.7 Å². The first-order valence-electron chi connectivity index (χ1n) is 7.66. The number of amides is 1. The fourth-order valence-electron chi connectivity index (χ4n) is 2.26. The van der Waals surface area contributed by atoms with Gasteiger partial charge >= 0.3 is 0 Å². The first kappa shape index (κ1) is 18.5. The molecule has 0 aliphatic carbocycles. The van der Waals surface area contributed by atoms with Crippen LogP contribution in [0.15, 0.2) is 47.8 Å². The number of hydrogen-bond donors (Lipinski definition) is 2. The van der Waals surface area contributed by atoms with Gasteiger partial charge in [-0.25, -0.2) is 27.5 Å². The first-order valence-corrected chi connectivity index (χ1v) is 9.15. The van der Waals surface area contributed by atoms with Crippen molar-refractivity contribution in [1.29, 1.82) is 0 Å². The van der Waals surface area contributed by atoms with Gasteiger partial charge in [-0.2, -0.15) is 5.10 Å². The summed E-state index contributed by atoms with van der Waals surface area (Å²) in [7, 11) is -2.35. The van der Waals surface area contributed by atoms with Crippen LogP contribution in [0.4, 0.5) is 16.0 Å². The Kier molecular flexibility index (Phi) is 4.86. The van der Waals surface area contributed by atoms with E-state index in [1.54, 1.807) is 30.2 Å². The van der Waals surface area contributed by atoms with Gasteiger partial charge in [-0.15, -0.1) is 0 Å². The number of hydrogen-bond acceptors (Lipinski definition) is 6. The van der Waals surface area contributed by atoms with Crippen molar-refractivity contribution in [3.63, 3.8) is 0 Å². The second-order valence-corrected chi connectivity index (χ2v) is 7.28. The standard InChI is InChI=1S/C16H15FN6O3S/c1-10(24)20-15-7-12(3-4-13(15)17)27(25,26)22-16-18-6-5-14(21-16)11-8-19-23(2)9-11/h3-9H,1-2H3,(H,20,24)(H,18,21,22). The van der Waals surface area contributed by atoms with E-state index in [0.717, 1.165) is 18.2 Å². The topological polar surface area (TPSA) is 119 Å². The lowest BCUT2D eigenvalue weighted by Gasteiger charge is -2.10. The molecule has 27 heavy (non-hydrogen) atoms. The summed E-state index contributed by atoms with van der Waals surface area (Å²) in [4.78, 5) is 18.9. The summed E-state index contributed by atoms with van der Waals surface area (Å²) in [5, 5.41) is 6.27. The average molecular weight is 390 g/mol. The van der Waals surface area contributed by atoms with Crippen LogP contribution in [0, 0.1) is 5.82 Å². The van der Waals surface area contributed by atoms with Crippen LogP contribution >= 0.6 is 0 Å². The van der Waals surface area contributed by atoms with Gasteiger partial charge in [-0.1, -0.05) is 0 Å². The van der Waals surface area contributed by atoms with Crippen molar-refractivity contribution >= 4 is 27.6 Å². The quantitative estimate of drug-likeness (QED) is 0.685. The van der Waals surface area contributed by atoms with Gasteiger partial charge in [-0.05, 0) is 24.3 Å². The molecule has 0 saturated heterocycles. The van der Waals surface area contributed by atoms with Crippen LogP contribution in [0.1, 0.15) is 6.92 Å². The molecule has 0 radical (unpaired) electrons. The van der Waals surface area contributed by atoms with E-state index in [4.69, 9.17) is 0 Å². The van der Waals surface area contributed by atoms with Crippen molar-refractivity contribution < 1.29 is 17.6 Å². The molecule has 0 aliphatic heterocycles. The lowest BCUT2D eigenvalue weighted by Crippen LogP contribution is -2.16. The van der Waals surface area contributed by atoms with E-state index in [1.165, 1.54) is 13.1 Å². The Morgan fingerprint density at radius 1 is 1.26 bits per heavy atom. The highest BCUT2D eigenvalue weighted by atomic mass is 32.2. The van der Waals surface area contributed by atoms with Crippen LogP contribution in [-0.4, -0.2) is 34.1 Å². The minimum atomic E-state index is -4.10. The lowest BCUT2D eigenvalue weighted by molar-refractivity contribution is -0.114. The first-order chi connectivity index (χ1) is 12.7. The maximum absolute atomic E-state index is 13.7. The zero-order valence-corrected chi connectivity index (χ0v) is 15.2. The Balaban J connectivity index is 1.90. The number of aryl methyl sites for hydroxylation is 1. The van der Waals surface area contributed by atoms with Crippen LogP contribution < -0.4 is 10.0 Å². The highest BCUT2D eigenvalue weighted by Gasteiger charge is 2.18. The number of carbonyl (C=O) groups excluding carboxylic acids is 1. The fourth-order valence-corrected chi connectivity index (χ4v) is 3.23. The molecule has 0 saturated carbocycles. The number of aromatic nitrogens is 4. The van der Waals surface area contributed by atoms with Crippen LogP contribution in [0.2, 0.25) is 0 Å². The molecule has 9 nitrogen and oxygen atoms in total. The number of rotatable bonds is 5. The summed E-state index contributed by atoms with van der Waals surface area (Å²) < 4.78 is 42.7. The molecule has 0 unspecified atom stereocenters. The number of carbonyl (C=O) groups is 1. The van der Waals surface area contributed by atoms with Crippen molar-refractivity contribution in [3.8, 4) is 11.3 Å². The number of benzene rings is 1. The summed E-state index contributed by atoms with van der Waals surface area (Å²) in [6, 6.07) is 4.66. The number of sulfonamides is 1. The summed E-state index contributed by atoms with van der Waals surface area (Å²) in [5.41, 5.74) is 0.930. The number of nitrogens with one attached hydrogen (secondary N) is 2. The van der Waals surface area contributed by atoms with Crippen molar-refractivity contribution in [2.24, 2.45) is 7.05 Å². The van der Waals surface area contributed by atoms with E-state index in [0.29, 0.717) is 11.3 Å². The van der Waals surface area contributed by atoms with Crippen LogP contribution in [0.5, 0.6) is 0 Å². The number of halogens is 1. The highest BCUT2D eigenvalue weighted by molar-refractivity contribution is 7.92. The number of anilines is 2. The second-order valence-electron chi connectivity index (χ2n) is 5.60. The van der Waals surface area contributed by atoms with Gasteiger partial charge in [0, 0.05) is 31.9 Å². The fraction of sp³-hybridized carbons (Fsp3) is 0.125. The van der Waals surface area contributed by atoms with Gasteiger partial charge < -0.3 is 5.32 Å². The Hall–Kier alpha value is -3.34. The third kappa shape index (κ3) is 4.26. The Morgan fingerprint density at radius 2 is 2.04 bits per heavy atom. The van der Waals surface area contributed by atoms with E-state index in [9.17, 15) is 17.6 Å². The summed E-state index contributed by atoms with van der Waals surface area (Å²) in [6.45, 7) is 1.19. The van der Waals surface area contributed by atoms with Crippen molar-refractivity contribution in [2.45, 2.75) is 11.8 Å². The second kappa shape index (κ2) is 7.11. The summed E-state index contributed by atoms with van der Waals surface area (Å²) >= 11 is 0. The molecular formula is C16H15FN6O3S. The van der Waals surface area contributed by atoms with E-state index < -0.39 is 21.7 Å². The largest absolute Gasteiger partial charge is 0.324 e.